The Bertz CT molecular complexity index is 395. The van der Waals surface area contributed by atoms with Crippen LogP contribution < -0.4 is 0 Å². The van der Waals surface area contributed by atoms with E-state index in [9.17, 15) is 8.78 Å². The highest BCUT2D eigenvalue weighted by Gasteiger charge is 2.57. The van der Waals surface area contributed by atoms with Crippen LogP contribution >= 0.6 is 0 Å². The molecular formula is C19H32F2O3. The first-order chi connectivity index (χ1) is 11.7. The van der Waals surface area contributed by atoms with Gasteiger partial charge in [0.05, 0.1) is 24.4 Å². The molecule has 3 fully saturated rings. The fourth-order valence-corrected chi connectivity index (χ4v) is 4.70. The van der Waals surface area contributed by atoms with E-state index in [0.29, 0.717) is 13.2 Å². The SMILES string of the molecule is CCCCOC1CCC2C3CCC(OCCC)C(F)C3OC2C1F. The van der Waals surface area contributed by atoms with E-state index in [1.807, 2.05) is 6.92 Å². The van der Waals surface area contributed by atoms with Gasteiger partial charge in [0, 0.05) is 13.2 Å². The predicted octanol–water partition coefficient (Wildman–Crippen LogP) is 4.23. The summed E-state index contributed by atoms with van der Waals surface area (Å²) in [4.78, 5) is 0. The molecule has 0 aromatic rings. The number of hydrogen-bond donors (Lipinski definition) is 0. The second kappa shape index (κ2) is 8.41. The molecule has 0 aromatic heterocycles. The van der Waals surface area contributed by atoms with Gasteiger partial charge in [0.2, 0.25) is 0 Å². The molecule has 8 unspecified atom stereocenters. The average Bonchev–Trinajstić information content (AvgIpc) is 2.97. The van der Waals surface area contributed by atoms with E-state index in [2.05, 4.69) is 6.92 Å². The Morgan fingerprint density at radius 3 is 1.83 bits per heavy atom. The van der Waals surface area contributed by atoms with Crippen molar-refractivity contribution in [1.82, 2.24) is 0 Å². The number of halogens is 2. The molecule has 8 atom stereocenters. The lowest BCUT2D eigenvalue weighted by molar-refractivity contribution is -0.133. The first-order valence-electron chi connectivity index (χ1n) is 9.84. The molecule has 0 amide bonds. The van der Waals surface area contributed by atoms with Crippen LogP contribution in [0.4, 0.5) is 8.78 Å². The van der Waals surface area contributed by atoms with Gasteiger partial charge in [0.15, 0.2) is 12.3 Å². The van der Waals surface area contributed by atoms with Gasteiger partial charge < -0.3 is 14.2 Å². The predicted molar refractivity (Wildman–Crippen MR) is 88.6 cm³/mol. The third-order valence-corrected chi connectivity index (χ3v) is 5.98. The Labute approximate surface area is 144 Å². The van der Waals surface area contributed by atoms with Gasteiger partial charge in [-0.05, 0) is 50.4 Å². The lowest BCUT2D eigenvalue weighted by Gasteiger charge is -2.37. The quantitative estimate of drug-likeness (QED) is 0.646. The van der Waals surface area contributed by atoms with Gasteiger partial charge in [-0.1, -0.05) is 20.3 Å². The Morgan fingerprint density at radius 2 is 1.33 bits per heavy atom. The van der Waals surface area contributed by atoms with Crippen molar-refractivity contribution in [3.8, 4) is 0 Å². The van der Waals surface area contributed by atoms with Crippen molar-refractivity contribution in [1.29, 1.82) is 0 Å². The first-order valence-corrected chi connectivity index (χ1v) is 9.84. The first kappa shape index (κ1) is 18.5. The molecule has 1 heterocycles. The van der Waals surface area contributed by atoms with Crippen LogP contribution in [-0.2, 0) is 14.2 Å². The normalized spacial score (nSPS) is 45.0. The lowest BCUT2D eigenvalue weighted by Crippen LogP contribution is -2.45. The third kappa shape index (κ3) is 3.63. The van der Waals surface area contributed by atoms with Crippen LogP contribution in [0.3, 0.4) is 0 Å². The number of ether oxygens (including phenoxy) is 3. The average molecular weight is 346 g/mol. The molecule has 3 nitrogen and oxygen atoms in total. The molecule has 1 saturated heterocycles. The molecule has 0 N–H and O–H groups in total. The van der Waals surface area contributed by atoms with E-state index in [4.69, 9.17) is 14.2 Å². The third-order valence-electron chi connectivity index (χ3n) is 5.98. The van der Waals surface area contributed by atoms with Crippen molar-refractivity contribution in [3.63, 3.8) is 0 Å². The largest absolute Gasteiger partial charge is 0.375 e. The summed E-state index contributed by atoms with van der Waals surface area (Å²) < 4.78 is 47.0. The van der Waals surface area contributed by atoms with E-state index in [0.717, 1.165) is 44.9 Å². The maximum atomic E-state index is 14.9. The molecule has 2 saturated carbocycles. The molecule has 2 aliphatic carbocycles. The summed E-state index contributed by atoms with van der Waals surface area (Å²) in [6.45, 7) is 5.29. The van der Waals surface area contributed by atoms with Crippen molar-refractivity contribution in [2.24, 2.45) is 11.8 Å². The molecule has 0 radical (unpaired) electrons. The molecule has 140 valence electrons. The summed E-state index contributed by atoms with van der Waals surface area (Å²) in [5, 5.41) is 0. The summed E-state index contributed by atoms with van der Waals surface area (Å²) in [6.07, 6.45) is 2.06. The van der Waals surface area contributed by atoms with Crippen LogP contribution in [-0.4, -0.2) is 50.0 Å². The number of alkyl halides is 2. The standard InChI is InChI=1S/C19H32F2O3/c1-3-5-11-23-15-9-7-13-12-6-8-14(22-10-4-2)16(20)18(12)24-19(13)17(15)21/h12-19H,3-11H2,1-2H3. The van der Waals surface area contributed by atoms with Crippen molar-refractivity contribution in [2.45, 2.75) is 95.6 Å². The molecule has 24 heavy (non-hydrogen) atoms. The van der Waals surface area contributed by atoms with Crippen molar-refractivity contribution >= 4 is 0 Å². The van der Waals surface area contributed by atoms with Crippen molar-refractivity contribution in [3.05, 3.63) is 0 Å². The monoisotopic (exact) mass is 346 g/mol. The minimum atomic E-state index is -1.13. The molecule has 0 spiro atoms. The Kier molecular flexibility index (Phi) is 6.50. The fraction of sp³-hybridized carbons (Fsp3) is 1.00. The molecule has 0 bridgehead atoms. The van der Waals surface area contributed by atoms with Crippen LogP contribution in [0.2, 0.25) is 0 Å². The lowest BCUT2D eigenvalue weighted by atomic mass is 9.71. The maximum absolute atomic E-state index is 14.9. The van der Waals surface area contributed by atoms with E-state index in [1.54, 1.807) is 0 Å². The van der Waals surface area contributed by atoms with Crippen LogP contribution in [0.1, 0.15) is 58.8 Å². The molecular weight excluding hydrogens is 314 g/mol. The van der Waals surface area contributed by atoms with Crippen LogP contribution in [0, 0.1) is 11.8 Å². The fourth-order valence-electron chi connectivity index (χ4n) is 4.70. The second-order valence-corrected chi connectivity index (χ2v) is 7.61. The number of fused-ring (bicyclic) bond motifs is 3. The van der Waals surface area contributed by atoms with Gasteiger partial charge in [0.1, 0.15) is 0 Å². The summed E-state index contributed by atoms with van der Waals surface area (Å²) in [5.41, 5.74) is 0. The second-order valence-electron chi connectivity index (χ2n) is 7.61. The Hall–Kier alpha value is -0.260. The highest BCUT2D eigenvalue weighted by atomic mass is 19.1. The van der Waals surface area contributed by atoms with Gasteiger partial charge in [0.25, 0.3) is 0 Å². The summed E-state index contributed by atoms with van der Waals surface area (Å²) >= 11 is 0. The minimum Gasteiger partial charge on any atom is -0.375 e. The zero-order chi connectivity index (χ0) is 17.1. The van der Waals surface area contributed by atoms with Gasteiger partial charge in [-0.3, -0.25) is 0 Å². The highest BCUT2D eigenvalue weighted by molar-refractivity contribution is 5.04. The van der Waals surface area contributed by atoms with Gasteiger partial charge in [-0.2, -0.15) is 0 Å². The summed E-state index contributed by atoms with van der Waals surface area (Å²) in [7, 11) is 0. The molecule has 3 aliphatic rings. The van der Waals surface area contributed by atoms with E-state index >= 15 is 0 Å². The smallest absolute Gasteiger partial charge is 0.152 e. The number of rotatable bonds is 7. The van der Waals surface area contributed by atoms with Crippen LogP contribution in [0.15, 0.2) is 0 Å². The molecule has 0 aromatic carbocycles. The van der Waals surface area contributed by atoms with Crippen LogP contribution in [0.5, 0.6) is 0 Å². The van der Waals surface area contributed by atoms with E-state index in [1.165, 1.54) is 0 Å². The number of unbranched alkanes of at least 4 members (excludes halogenated alkanes) is 1. The Balaban J connectivity index is 1.60. The highest BCUT2D eigenvalue weighted by Crippen LogP contribution is 2.49. The summed E-state index contributed by atoms with van der Waals surface area (Å²) in [5.74, 6) is 0.280. The zero-order valence-electron chi connectivity index (χ0n) is 15.0. The van der Waals surface area contributed by atoms with Gasteiger partial charge in [-0.25, -0.2) is 8.78 Å². The maximum Gasteiger partial charge on any atom is 0.152 e. The molecule has 1 aliphatic heterocycles. The van der Waals surface area contributed by atoms with Crippen molar-refractivity contribution in [2.75, 3.05) is 13.2 Å². The van der Waals surface area contributed by atoms with E-state index < -0.39 is 24.6 Å². The Morgan fingerprint density at radius 1 is 0.792 bits per heavy atom. The molecule has 5 heteroatoms. The molecule has 3 rings (SSSR count). The van der Waals surface area contributed by atoms with Gasteiger partial charge in [-0.15, -0.1) is 0 Å². The van der Waals surface area contributed by atoms with Crippen LogP contribution in [0.25, 0.3) is 0 Å². The topological polar surface area (TPSA) is 27.7 Å². The zero-order valence-corrected chi connectivity index (χ0v) is 15.0. The van der Waals surface area contributed by atoms with Gasteiger partial charge >= 0.3 is 0 Å². The number of hydrogen-bond acceptors (Lipinski definition) is 3. The summed E-state index contributed by atoms with van der Waals surface area (Å²) in [6, 6.07) is 0. The van der Waals surface area contributed by atoms with E-state index in [-0.39, 0.29) is 24.0 Å². The minimum absolute atomic E-state index is 0.140. The van der Waals surface area contributed by atoms with Crippen molar-refractivity contribution < 1.29 is 23.0 Å².